The number of para-hydroxylation sites is 1. The van der Waals surface area contributed by atoms with Gasteiger partial charge >= 0.3 is 0 Å². The van der Waals surface area contributed by atoms with E-state index in [1.165, 1.54) is 23.3 Å². The molecule has 3 nitrogen and oxygen atoms in total. The van der Waals surface area contributed by atoms with E-state index in [1.807, 2.05) is 24.4 Å². The molecule has 0 fully saturated rings. The van der Waals surface area contributed by atoms with Crippen LogP contribution in [0.2, 0.25) is 0 Å². The predicted octanol–water partition coefficient (Wildman–Crippen LogP) is 3.96. The van der Waals surface area contributed by atoms with E-state index in [0.29, 0.717) is 6.61 Å². The topological polar surface area (TPSA) is 34.2 Å². The van der Waals surface area contributed by atoms with Crippen LogP contribution < -0.4 is 10.1 Å². The molecule has 21 heavy (non-hydrogen) atoms. The van der Waals surface area contributed by atoms with Crippen LogP contribution in [0, 0.1) is 6.92 Å². The van der Waals surface area contributed by atoms with Crippen LogP contribution in [0.1, 0.15) is 35.2 Å². The Hall–Kier alpha value is -1.39. The molecule has 0 saturated heterocycles. The molecule has 4 heteroatoms. The quantitative estimate of drug-likeness (QED) is 0.712. The Balaban J connectivity index is 1.71. The second-order valence-corrected chi connectivity index (χ2v) is 6.31. The second kappa shape index (κ2) is 8.80. The van der Waals surface area contributed by atoms with Gasteiger partial charge in [0.15, 0.2) is 0 Å². The molecule has 1 aromatic heterocycles. The Labute approximate surface area is 131 Å². The highest BCUT2D eigenvalue weighted by molar-refractivity contribution is 7.11. The lowest BCUT2D eigenvalue weighted by atomic mass is 10.2. The molecule has 0 amide bonds. The molecule has 0 unspecified atom stereocenters. The Morgan fingerprint density at radius 2 is 2.14 bits per heavy atom. The minimum atomic E-state index is 0.682. The van der Waals surface area contributed by atoms with E-state index in [2.05, 4.69) is 30.2 Å². The van der Waals surface area contributed by atoms with Crippen LogP contribution >= 0.6 is 11.3 Å². The fraction of sp³-hybridized carbons (Fsp3) is 0.471. The summed E-state index contributed by atoms with van der Waals surface area (Å²) < 4.78 is 5.81. The summed E-state index contributed by atoms with van der Waals surface area (Å²) in [5.41, 5.74) is 1.18. The zero-order valence-corrected chi connectivity index (χ0v) is 13.7. The van der Waals surface area contributed by atoms with Crippen molar-refractivity contribution in [3.8, 4) is 5.75 Å². The first-order valence-corrected chi connectivity index (χ1v) is 8.44. The molecule has 0 atom stereocenters. The van der Waals surface area contributed by atoms with E-state index in [9.17, 15) is 0 Å². The lowest BCUT2D eigenvalue weighted by Gasteiger charge is -2.07. The fourth-order valence-electron chi connectivity index (χ4n) is 2.03. The third-order valence-corrected chi connectivity index (χ3v) is 4.33. The summed E-state index contributed by atoms with van der Waals surface area (Å²) in [5.74, 6) is 0.968. The van der Waals surface area contributed by atoms with Crippen molar-refractivity contribution in [1.82, 2.24) is 10.3 Å². The van der Waals surface area contributed by atoms with Gasteiger partial charge in [0.25, 0.3) is 0 Å². The molecule has 2 rings (SSSR count). The first kappa shape index (κ1) is 16.0. The number of benzene rings is 1. The normalized spacial score (nSPS) is 10.8. The molecule has 0 radical (unpaired) electrons. The van der Waals surface area contributed by atoms with Crippen LogP contribution in [0.4, 0.5) is 0 Å². The van der Waals surface area contributed by atoms with Crippen molar-refractivity contribution in [2.45, 2.75) is 39.7 Å². The van der Waals surface area contributed by atoms with Crippen LogP contribution in [-0.4, -0.2) is 18.1 Å². The van der Waals surface area contributed by atoms with Gasteiger partial charge in [0, 0.05) is 24.0 Å². The average Bonchev–Trinajstić information content (AvgIpc) is 2.94. The summed E-state index contributed by atoms with van der Waals surface area (Å²) in [5, 5.41) is 4.59. The number of ether oxygens (including phenoxy) is 1. The van der Waals surface area contributed by atoms with E-state index in [1.54, 1.807) is 11.3 Å². The molecule has 1 N–H and O–H groups in total. The molecule has 0 saturated carbocycles. The van der Waals surface area contributed by atoms with Gasteiger partial charge in [-0.25, -0.2) is 4.98 Å². The maximum Gasteiger partial charge on any atom is 0.122 e. The van der Waals surface area contributed by atoms with Crippen molar-refractivity contribution in [1.29, 1.82) is 0 Å². The predicted molar refractivity (Wildman–Crippen MR) is 89.1 cm³/mol. The largest absolute Gasteiger partial charge is 0.493 e. The van der Waals surface area contributed by atoms with Gasteiger partial charge < -0.3 is 10.1 Å². The summed E-state index contributed by atoms with van der Waals surface area (Å²) in [7, 11) is 0. The smallest absolute Gasteiger partial charge is 0.122 e. The number of aryl methyl sites for hydroxylation is 1. The molecule has 0 spiro atoms. The molecule has 2 aromatic rings. The van der Waals surface area contributed by atoms with Crippen molar-refractivity contribution in [2.24, 2.45) is 0 Å². The number of unbranched alkanes of at least 4 members (excludes halogenated alkanes) is 1. The summed E-state index contributed by atoms with van der Waals surface area (Å²) >= 11 is 1.78. The van der Waals surface area contributed by atoms with E-state index in [-0.39, 0.29) is 0 Å². The highest BCUT2D eigenvalue weighted by Crippen LogP contribution is 2.18. The number of rotatable bonds is 9. The first-order valence-electron chi connectivity index (χ1n) is 7.62. The van der Waals surface area contributed by atoms with Gasteiger partial charge in [0.2, 0.25) is 0 Å². The Bertz CT molecular complexity index is 539. The molecule has 0 bridgehead atoms. The number of nitrogens with one attached hydrogen (secondary N) is 1. The van der Waals surface area contributed by atoms with Gasteiger partial charge in [0.05, 0.1) is 11.6 Å². The van der Waals surface area contributed by atoms with E-state index < -0.39 is 0 Å². The molecule has 0 aliphatic rings. The maximum atomic E-state index is 5.81. The second-order valence-electron chi connectivity index (χ2n) is 5.11. The van der Waals surface area contributed by atoms with Crippen LogP contribution in [0.15, 0.2) is 30.5 Å². The van der Waals surface area contributed by atoms with E-state index in [4.69, 9.17) is 4.74 Å². The Kier molecular flexibility index (Phi) is 6.70. The molecular formula is C17H24N2OS. The van der Waals surface area contributed by atoms with Crippen molar-refractivity contribution >= 4 is 11.3 Å². The standard InChI is InChI=1S/C17H24N2OS/c1-3-4-10-18-12-15-13-19-17(21-15)9-11-20-16-8-6-5-7-14(16)2/h5-8,13,18H,3-4,9-12H2,1-2H3. The van der Waals surface area contributed by atoms with Crippen molar-refractivity contribution in [2.75, 3.05) is 13.2 Å². The van der Waals surface area contributed by atoms with Gasteiger partial charge in [-0.3, -0.25) is 0 Å². The van der Waals surface area contributed by atoms with Crippen LogP contribution in [0.25, 0.3) is 0 Å². The molecule has 0 aliphatic heterocycles. The zero-order chi connectivity index (χ0) is 14.9. The molecule has 1 heterocycles. The maximum absolute atomic E-state index is 5.81. The van der Waals surface area contributed by atoms with Crippen LogP contribution in [0.5, 0.6) is 5.75 Å². The third-order valence-electron chi connectivity index (χ3n) is 3.27. The SMILES string of the molecule is CCCCNCc1cnc(CCOc2ccccc2C)s1. The number of thiazole rings is 1. The fourth-order valence-corrected chi connectivity index (χ4v) is 2.90. The minimum absolute atomic E-state index is 0.682. The van der Waals surface area contributed by atoms with E-state index >= 15 is 0 Å². The highest BCUT2D eigenvalue weighted by Gasteiger charge is 2.03. The average molecular weight is 304 g/mol. The number of hydrogen-bond acceptors (Lipinski definition) is 4. The van der Waals surface area contributed by atoms with Crippen molar-refractivity contribution in [3.63, 3.8) is 0 Å². The third kappa shape index (κ3) is 5.48. The van der Waals surface area contributed by atoms with Crippen LogP contribution in [0.3, 0.4) is 0 Å². The summed E-state index contributed by atoms with van der Waals surface area (Å²) in [4.78, 5) is 5.77. The minimum Gasteiger partial charge on any atom is -0.493 e. The summed E-state index contributed by atoms with van der Waals surface area (Å²) in [6.07, 6.45) is 5.31. The summed E-state index contributed by atoms with van der Waals surface area (Å²) in [6, 6.07) is 8.12. The Morgan fingerprint density at radius 3 is 2.95 bits per heavy atom. The lowest BCUT2D eigenvalue weighted by Crippen LogP contribution is -2.13. The van der Waals surface area contributed by atoms with Crippen molar-refractivity contribution < 1.29 is 4.74 Å². The van der Waals surface area contributed by atoms with Crippen molar-refractivity contribution in [3.05, 3.63) is 45.9 Å². The molecule has 114 valence electrons. The molecule has 0 aliphatic carbocycles. The molecular weight excluding hydrogens is 280 g/mol. The number of hydrogen-bond donors (Lipinski definition) is 1. The first-order chi connectivity index (χ1) is 10.3. The highest BCUT2D eigenvalue weighted by atomic mass is 32.1. The zero-order valence-electron chi connectivity index (χ0n) is 12.9. The van der Waals surface area contributed by atoms with Gasteiger partial charge in [0.1, 0.15) is 5.75 Å². The summed E-state index contributed by atoms with van der Waals surface area (Å²) in [6.45, 7) is 6.97. The van der Waals surface area contributed by atoms with Crippen LogP contribution in [-0.2, 0) is 13.0 Å². The number of nitrogens with zero attached hydrogens (tertiary/aromatic N) is 1. The Morgan fingerprint density at radius 1 is 1.29 bits per heavy atom. The lowest BCUT2D eigenvalue weighted by molar-refractivity contribution is 0.319. The monoisotopic (exact) mass is 304 g/mol. The van der Waals surface area contributed by atoms with Gasteiger partial charge in [-0.2, -0.15) is 0 Å². The van der Waals surface area contributed by atoms with Gasteiger partial charge in [-0.15, -0.1) is 11.3 Å². The molecule has 1 aromatic carbocycles. The van der Waals surface area contributed by atoms with Gasteiger partial charge in [-0.05, 0) is 31.5 Å². The van der Waals surface area contributed by atoms with Gasteiger partial charge in [-0.1, -0.05) is 31.5 Å². The number of aromatic nitrogens is 1. The van der Waals surface area contributed by atoms with E-state index in [0.717, 1.165) is 30.3 Å².